The van der Waals surface area contributed by atoms with E-state index in [1.54, 1.807) is 0 Å². The molecule has 41 heavy (non-hydrogen) atoms. The summed E-state index contributed by atoms with van der Waals surface area (Å²) in [6, 6.07) is 9.02. The molecular weight excluding hydrogens is 569 g/mol. The summed E-state index contributed by atoms with van der Waals surface area (Å²) < 4.78 is 72.9. The van der Waals surface area contributed by atoms with Crippen molar-refractivity contribution >= 4 is 27.5 Å². The van der Waals surface area contributed by atoms with Crippen molar-refractivity contribution in [1.29, 1.82) is 5.26 Å². The first kappa shape index (κ1) is 27.9. The molecule has 0 saturated heterocycles. The van der Waals surface area contributed by atoms with Gasteiger partial charge in [0.25, 0.3) is 5.91 Å². The minimum atomic E-state index is -4.53. The van der Waals surface area contributed by atoms with Crippen molar-refractivity contribution < 1.29 is 40.7 Å². The number of benzene rings is 1. The number of sulfone groups is 1. The van der Waals surface area contributed by atoms with Crippen LogP contribution in [0.2, 0.25) is 0 Å². The number of nitrogens with one attached hydrogen (secondary N) is 2. The summed E-state index contributed by atoms with van der Waals surface area (Å²) in [6.45, 7) is -1.35. The molecule has 1 aromatic carbocycles. The van der Waals surface area contributed by atoms with E-state index in [-0.39, 0.29) is 53.0 Å². The number of amides is 2. The van der Waals surface area contributed by atoms with Crippen molar-refractivity contribution in [3.05, 3.63) is 58.9 Å². The lowest BCUT2D eigenvalue weighted by Crippen LogP contribution is -2.53. The quantitative estimate of drug-likeness (QED) is 0.437. The second-order valence-electron chi connectivity index (χ2n) is 9.59. The van der Waals surface area contributed by atoms with E-state index < -0.39 is 45.7 Å². The van der Waals surface area contributed by atoms with Crippen LogP contribution in [-0.4, -0.2) is 66.4 Å². The van der Waals surface area contributed by atoms with Crippen LogP contribution in [0.3, 0.4) is 0 Å². The van der Waals surface area contributed by atoms with Crippen molar-refractivity contribution in [2.75, 3.05) is 30.5 Å². The summed E-state index contributed by atoms with van der Waals surface area (Å²) in [7, 11) is -3.70. The Morgan fingerprint density at radius 1 is 1.32 bits per heavy atom. The van der Waals surface area contributed by atoms with E-state index in [0.717, 1.165) is 6.26 Å². The fourth-order valence-electron chi connectivity index (χ4n) is 4.76. The highest BCUT2D eigenvalue weighted by atomic mass is 32.2. The molecule has 1 spiro atoms. The number of nitrogens with zero attached hydrogens (tertiary/aromatic N) is 4. The SMILES string of the molecule is CS(=O)(=O)CC(=O)Nc1c2c(nn1-c1ccc(C#N)cn1)C[C@@]1(CCOc3cc(OCC(F)(F)F)ccc31)NC2=O. The molecule has 5 rings (SSSR count). The van der Waals surface area contributed by atoms with Crippen LogP contribution < -0.4 is 20.1 Å². The number of anilines is 1. The third-order valence-electron chi connectivity index (χ3n) is 6.41. The first-order valence-corrected chi connectivity index (χ1v) is 14.1. The molecule has 1 atom stereocenters. The van der Waals surface area contributed by atoms with Crippen LogP contribution in [0.1, 0.15) is 33.6 Å². The van der Waals surface area contributed by atoms with Crippen LogP contribution >= 0.6 is 0 Å². The number of halogens is 3. The van der Waals surface area contributed by atoms with Crippen molar-refractivity contribution in [2.24, 2.45) is 0 Å². The normalized spacial score (nSPS) is 18.0. The maximum Gasteiger partial charge on any atom is 0.422 e. The number of ether oxygens (including phenoxy) is 2. The van der Waals surface area contributed by atoms with Gasteiger partial charge in [0.15, 0.2) is 28.1 Å². The number of carbonyl (C=O) groups is 2. The number of hydrogen-bond donors (Lipinski definition) is 2. The molecule has 214 valence electrons. The van der Waals surface area contributed by atoms with Crippen molar-refractivity contribution in [3.63, 3.8) is 0 Å². The average Bonchev–Trinajstić information content (AvgIpc) is 3.24. The van der Waals surface area contributed by atoms with Gasteiger partial charge in [0, 0.05) is 36.9 Å². The van der Waals surface area contributed by atoms with Crippen molar-refractivity contribution in [2.45, 2.75) is 24.6 Å². The zero-order chi connectivity index (χ0) is 29.6. The lowest BCUT2D eigenvalue weighted by atomic mass is 9.77. The Bertz CT molecular complexity index is 1700. The molecule has 16 heteroatoms. The van der Waals surface area contributed by atoms with Gasteiger partial charge in [-0.3, -0.25) is 9.59 Å². The Kier molecular flexibility index (Phi) is 6.85. The Morgan fingerprint density at radius 2 is 2.10 bits per heavy atom. The van der Waals surface area contributed by atoms with E-state index in [2.05, 4.69) is 20.7 Å². The third kappa shape index (κ3) is 5.80. The van der Waals surface area contributed by atoms with Gasteiger partial charge in [-0.05, 0) is 24.3 Å². The highest BCUT2D eigenvalue weighted by Crippen LogP contribution is 2.44. The maximum atomic E-state index is 13.6. The monoisotopic (exact) mass is 590 g/mol. The van der Waals surface area contributed by atoms with Gasteiger partial charge >= 0.3 is 6.18 Å². The van der Waals surface area contributed by atoms with Gasteiger partial charge in [0.2, 0.25) is 5.91 Å². The van der Waals surface area contributed by atoms with E-state index in [1.165, 1.54) is 41.2 Å². The maximum absolute atomic E-state index is 13.6. The first-order valence-electron chi connectivity index (χ1n) is 12.0. The molecule has 0 saturated carbocycles. The number of pyridine rings is 1. The summed E-state index contributed by atoms with van der Waals surface area (Å²) in [5.41, 5.74) is -0.0641. The Balaban J connectivity index is 1.55. The fraction of sp³-hybridized carbons (Fsp3) is 0.320. The van der Waals surface area contributed by atoms with Gasteiger partial charge in [-0.15, -0.1) is 0 Å². The van der Waals surface area contributed by atoms with E-state index in [0.29, 0.717) is 12.0 Å². The number of aromatic nitrogens is 3. The highest BCUT2D eigenvalue weighted by molar-refractivity contribution is 7.91. The molecule has 0 fully saturated rings. The van der Waals surface area contributed by atoms with E-state index in [1.807, 2.05) is 6.07 Å². The summed E-state index contributed by atoms with van der Waals surface area (Å²) in [6.07, 6.45) is -1.97. The van der Waals surface area contributed by atoms with E-state index in [4.69, 9.17) is 14.7 Å². The molecule has 0 unspecified atom stereocenters. The van der Waals surface area contributed by atoms with Gasteiger partial charge in [-0.25, -0.2) is 13.4 Å². The predicted molar refractivity (Wildman–Crippen MR) is 135 cm³/mol. The topological polar surface area (TPSA) is 165 Å². The number of carbonyl (C=O) groups excluding carboxylic acids is 2. The van der Waals surface area contributed by atoms with Gasteiger partial charge in [0.05, 0.1) is 23.4 Å². The van der Waals surface area contributed by atoms with Gasteiger partial charge in [-0.1, -0.05) is 0 Å². The number of nitriles is 1. The summed E-state index contributed by atoms with van der Waals surface area (Å²) >= 11 is 0. The molecule has 0 aliphatic carbocycles. The van der Waals surface area contributed by atoms with Crippen LogP contribution in [0.5, 0.6) is 11.5 Å². The van der Waals surface area contributed by atoms with Crippen LogP contribution in [-0.2, 0) is 26.6 Å². The summed E-state index contributed by atoms with van der Waals surface area (Å²) in [4.78, 5) is 30.4. The van der Waals surface area contributed by atoms with Crippen LogP contribution in [0.15, 0.2) is 36.5 Å². The van der Waals surface area contributed by atoms with Crippen LogP contribution in [0, 0.1) is 11.3 Å². The second-order valence-corrected chi connectivity index (χ2v) is 11.7. The van der Waals surface area contributed by atoms with Gasteiger partial charge < -0.3 is 20.1 Å². The standard InChI is InChI=1S/C25H21F3N6O6S/c1-41(37,38)12-20(35)31-22-21-17(33-34(22)19-5-2-14(10-29)11-30-19)9-24(32-23(21)36)6-7-39-18-8-15(3-4-16(18)24)40-13-25(26,27)28/h2-5,8,11H,6-7,9,12-13H2,1H3,(H,31,35)(H,32,36)/t24-/m1/s1. The molecule has 2 N–H and O–H groups in total. The summed E-state index contributed by atoms with van der Waals surface area (Å²) in [5.74, 6) is -2.17. The Morgan fingerprint density at radius 3 is 2.76 bits per heavy atom. The lowest BCUT2D eigenvalue weighted by molar-refractivity contribution is -0.153. The first-order chi connectivity index (χ1) is 19.3. The number of rotatable bonds is 6. The molecule has 12 nitrogen and oxygen atoms in total. The van der Waals surface area contributed by atoms with Crippen molar-refractivity contribution in [1.82, 2.24) is 20.1 Å². The molecular formula is C25H21F3N6O6S. The van der Waals surface area contributed by atoms with E-state index in [9.17, 15) is 31.2 Å². The zero-order valence-corrected chi connectivity index (χ0v) is 22.1. The lowest BCUT2D eigenvalue weighted by Gasteiger charge is -2.41. The molecule has 0 bridgehead atoms. The Labute approximate surface area is 231 Å². The number of hydrogen-bond acceptors (Lipinski definition) is 9. The second kappa shape index (κ2) is 10.1. The minimum absolute atomic E-state index is 0.0122. The molecule has 0 radical (unpaired) electrons. The average molecular weight is 591 g/mol. The van der Waals surface area contributed by atoms with E-state index >= 15 is 0 Å². The minimum Gasteiger partial charge on any atom is -0.493 e. The van der Waals surface area contributed by atoms with Gasteiger partial charge in [-0.2, -0.15) is 28.2 Å². The molecule has 4 heterocycles. The molecule has 2 aliphatic rings. The largest absolute Gasteiger partial charge is 0.493 e. The number of fused-ring (bicyclic) bond motifs is 3. The summed E-state index contributed by atoms with van der Waals surface area (Å²) in [5, 5.41) is 19.0. The van der Waals surface area contributed by atoms with Crippen molar-refractivity contribution in [3.8, 4) is 23.4 Å². The van der Waals surface area contributed by atoms with Gasteiger partial charge in [0.1, 0.15) is 28.9 Å². The fourth-order valence-corrected chi connectivity index (χ4v) is 5.30. The zero-order valence-electron chi connectivity index (χ0n) is 21.3. The predicted octanol–water partition coefficient (Wildman–Crippen LogP) is 2.03. The molecule has 2 aliphatic heterocycles. The van der Waals surface area contributed by atoms with Crippen LogP contribution in [0.4, 0.5) is 19.0 Å². The smallest absolute Gasteiger partial charge is 0.422 e. The highest BCUT2D eigenvalue weighted by Gasteiger charge is 2.46. The molecule has 2 aromatic heterocycles. The van der Waals surface area contributed by atoms with Crippen LogP contribution in [0.25, 0.3) is 5.82 Å². The number of alkyl halides is 3. The Hall–Kier alpha value is -4.65. The molecule has 3 aromatic rings. The molecule has 2 amide bonds. The third-order valence-corrected chi connectivity index (χ3v) is 7.20.